The molecule has 35 heavy (non-hydrogen) atoms. The van der Waals surface area contributed by atoms with Crippen molar-refractivity contribution in [3.63, 3.8) is 0 Å². The summed E-state index contributed by atoms with van der Waals surface area (Å²) in [7, 11) is 1.52. The highest BCUT2D eigenvalue weighted by molar-refractivity contribution is 7.15. The summed E-state index contributed by atoms with van der Waals surface area (Å²) in [4.78, 5) is 25.8. The molecule has 4 aromatic rings. The van der Waals surface area contributed by atoms with Gasteiger partial charge in [-0.1, -0.05) is 35.0 Å². The van der Waals surface area contributed by atoms with Crippen molar-refractivity contribution in [1.82, 2.24) is 14.3 Å². The Morgan fingerprint density at radius 2 is 2.09 bits per heavy atom. The number of aryl methyl sites for hydroxylation is 1. The van der Waals surface area contributed by atoms with Crippen LogP contribution in [0.5, 0.6) is 5.88 Å². The number of pyridine rings is 1. The lowest BCUT2D eigenvalue weighted by molar-refractivity contribution is -0.707. The average Bonchev–Trinajstić information content (AvgIpc) is 3.52. The Morgan fingerprint density at radius 1 is 1.29 bits per heavy atom. The van der Waals surface area contributed by atoms with Crippen molar-refractivity contribution < 1.29 is 14.5 Å². The van der Waals surface area contributed by atoms with Gasteiger partial charge in [-0.15, -0.1) is 11.3 Å². The third-order valence-electron chi connectivity index (χ3n) is 6.14. The highest BCUT2D eigenvalue weighted by Gasteiger charge is 2.24. The predicted molar refractivity (Wildman–Crippen MR) is 134 cm³/mol. The Bertz CT molecular complexity index is 1490. The van der Waals surface area contributed by atoms with Gasteiger partial charge < -0.3 is 14.8 Å². The Balaban J connectivity index is 1.71. The molecule has 0 radical (unpaired) electrons. The Morgan fingerprint density at radius 3 is 2.80 bits per heavy atom. The first-order valence-electron chi connectivity index (χ1n) is 11.3. The van der Waals surface area contributed by atoms with E-state index in [2.05, 4.69) is 15.0 Å². The van der Waals surface area contributed by atoms with Gasteiger partial charge in [0, 0.05) is 30.4 Å². The summed E-state index contributed by atoms with van der Waals surface area (Å²) in [6, 6.07) is 11.1. The summed E-state index contributed by atoms with van der Waals surface area (Å²) in [5, 5.41) is 18.1. The molecule has 0 amide bonds. The predicted octanol–water partition coefficient (Wildman–Crippen LogP) is 3.20. The molecule has 0 aliphatic carbocycles. The zero-order chi connectivity index (χ0) is 24.5. The van der Waals surface area contributed by atoms with Gasteiger partial charge in [-0.2, -0.15) is 4.40 Å². The molecule has 1 aliphatic rings. The molecule has 1 saturated heterocycles. The number of nitrogens with zero attached hydrogens (tertiary/aromatic N) is 5. The maximum Gasteiger partial charge on any atom is 0.349 e. The molecule has 1 aromatic carbocycles. The molecule has 0 N–H and O–H groups in total. The first kappa shape index (κ1) is 23.3. The molecule has 5 rings (SSSR count). The van der Waals surface area contributed by atoms with Crippen LogP contribution in [-0.4, -0.2) is 40.3 Å². The molecule has 4 heterocycles. The van der Waals surface area contributed by atoms with E-state index in [-0.39, 0.29) is 23.5 Å². The maximum absolute atomic E-state index is 13.9. The van der Waals surface area contributed by atoms with Gasteiger partial charge in [-0.05, 0) is 43.5 Å². The number of fused-ring (bicyclic) bond motifs is 1. The SMILES string of the molecule is CO/N=C(/c1cccc(-c2c([O-])[n+](Cc3cnc(Cl)s3)c3c(C)cccn3c2=O)c1)N1CCCC1. The number of rotatable bonds is 5. The molecule has 0 spiro atoms. The smallest absolute Gasteiger partial charge is 0.349 e. The Kier molecular flexibility index (Phi) is 6.44. The topological polar surface area (TPSA) is 86.1 Å². The number of halogens is 1. The van der Waals surface area contributed by atoms with Crippen molar-refractivity contribution in [1.29, 1.82) is 0 Å². The third-order valence-corrected chi connectivity index (χ3v) is 7.24. The second kappa shape index (κ2) is 9.67. The van der Waals surface area contributed by atoms with Crippen LogP contribution in [0.4, 0.5) is 0 Å². The maximum atomic E-state index is 13.9. The number of amidine groups is 1. The standard InChI is InChI=1S/C25H24ClN5O3S/c1-16-7-6-12-30-22(16)31(15-19-14-27-25(26)35-19)24(33)20(23(30)32)17-8-5-9-18(13-17)21(28-34-2)29-10-3-4-11-29/h5-9,12-14H,3-4,10-11,15H2,1-2H3/b28-21-. The average molecular weight is 510 g/mol. The van der Waals surface area contributed by atoms with Gasteiger partial charge in [0.2, 0.25) is 0 Å². The van der Waals surface area contributed by atoms with Crippen LogP contribution >= 0.6 is 22.9 Å². The summed E-state index contributed by atoms with van der Waals surface area (Å²) in [6.45, 7) is 3.91. The fraction of sp³-hybridized carbons (Fsp3) is 0.280. The molecule has 1 aliphatic heterocycles. The molecule has 180 valence electrons. The molecule has 0 atom stereocenters. The van der Waals surface area contributed by atoms with Crippen molar-refractivity contribution in [3.05, 3.63) is 79.6 Å². The zero-order valence-electron chi connectivity index (χ0n) is 19.4. The van der Waals surface area contributed by atoms with E-state index < -0.39 is 0 Å². The minimum Gasteiger partial charge on any atom is -0.842 e. The van der Waals surface area contributed by atoms with E-state index in [1.54, 1.807) is 29.1 Å². The number of aromatic nitrogens is 3. The quantitative estimate of drug-likeness (QED) is 0.178. The number of benzene rings is 1. The van der Waals surface area contributed by atoms with Gasteiger partial charge >= 0.3 is 5.56 Å². The largest absolute Gasteiger partial charge is 0.842 e. The van der Waals surface area contributed by atoms with E-state index in [4.69, 9.17) is 16.4 Å². The van der Waals surface area contributed by atoms with Crippen LogP contribution < -0.4 is 15.2 Å². The van der Waals surface area contributed by atoms with Crippen molar-refractivity contribution >= 4 is 34.4 Å². The lowest BCUT2D eigenvalue weighted by Gasteiger charge is -2.21. The van der Waals surface area contributed by atoms with Crippen LogP contribution in [0, 0.1) is 6.92 Å². The molecular formula is C25H24ClN5O3S. The van der Waals surface area contributed by atoms with Crippen molar-refractivity contribution in [2.45, 2.75) is 26.3 Å². The van der Waals surface area contributed by atoms with Crippen LogP contribution in [0.1, 0.15) is 28.8 Å². The van der Waals surface area contributed by atoms with Gasteiger partial charge in [-0.3, -0.25) is 0 Å². The lowest BCUT2D eigenvalue weighted by Crippen LogP contribution is -2.44. The molecule has 1 fully saturated rings. The molecule has 3 aromatic heterocycles. The second-order valence-electron chi connectivity index (χ2n) is 8.41. The summed E-state index contributed by atoms with van der Waals surface area (Å²) < 4.78 is 3.56. The lowest BCUT2D eigenvalue weighted by atomic mass is 10.0. The van der Waals surface area contributed by atoms with Crippen LogP contribution in [0.25, 0.3) is 16.8 Å². The first-order valence-corrected chi connectivity index (χ1v) is 12.5. The van der Waals surface area contributed by atoms with E-state index in [9.17, 15) is 9.90 Å². The van der Waals surface area contributed by atoms with Gasteiger partial charge in [-0.25, -0.2) is 14.3 Å². The van der Waals surface area contributed by atoms with Gasteiger partial charge in [0.15, 0.2) is 10.3 Å². The fourth-order valence-electron chi connectivity index (χ4n) is 4.59. The first-order chi connectivity index (χ1) is 17.0. The number of hydrogen-bond acceptors (Lipinski definition) is 6. The van der Waals surface area contributed by atoms with E-state index in [1.807, 2.05) is 31.2 Å². The van der Waals surface area contributed by atoms with Gasteiger partial charge in [0.25, 0.3) is 5.65 Å². The summed E-state index contributed by atoms with van der Waals surface area (Å²) in [5.41, 5.74) is 2.43. The van der Waals surface area contributed by atoms with Crippen LogP contribution in [0.15, 0.2) is 58.7 Å². The van der Waals surface area contributed by atoms with Gasteiger partial charge in [0.1, 0.15) is 19.2 Å². The number of thiazole rings is 1. The van der Waals surface area contributed by atoms with Gasteiger partial charge in [0.05, 0.1) is 17.0 Å². The van der Waals surface area contributed by atoms with E-state index >= 15 is 0 Å². The van der Waals surface area contributed by atoms with Crippen molar-refractivity contribution in [2.75, 3.05) is 20.2 Å². The summed E-state index contributed by atoms with van der Waals surface area (Å²) in [5.74, 6) is 0.334. The minimum absolute atomic E-state index is 0.101. The molecule has 8 nitrogen and oxygen atoms in total. The molecule has 0 saturated carbocycles. The number of hydrogen-bond donors (Lipinski definition) is 0. The Hall–Kier alpha value is -3.43. The summed E-state index contributed by atoms with van der Waals surface area (Å²) in [6.07, 6.45) is 5.51. The van der Waals surface area contributed by atoms with Crippen LogP contribution in [0.3, 0.4) is 0 Å². The van der Waals surface area contributed by atoms with E-state index in [0.29, 0.717) is 21.5 Å². The van der Waals surface area contributed by atoms with E-state index in [0.717, 1.165) is 41.9 Å². The van der Waals surface area contributed by atoms with Crippen molar-refractivity contribution in [3.8, 4) is 17.0 Å². The zero-order valence-corrected chi connectivity index (χ0v) is 21.0. The fourth-order valence-corrected chi connectivity index (χ4v) is 5.55. The monoisotopic (exact) mass is 509 g/mol. The molecular weight excluding hydrogens is 486 g/mol. The highest BCUT2D eigenvalue weighted by atomic mass is 35.5. The molecule has 0 bridgehead atoms. The Labute approximate surface area is 211 Å². The number of oxime groups is 1. The van der Waals surface area contributed by atoms with Crippen LogP contribution in [0.2, 0.25) is 4.47 Å². The normalized spacial score (nSPS) is 14.1. The molecule has 0 unspecified atom stereocenters. The van der Waals surface area contributed by atoms with E-state index in [1.165, 1.54) is 22.8 Å². The second-order valence-corrected chi connectivity index (χ2v) is 10.1. The highest BCUT2D eigenvalue weighted by Crippen LogP contribution is 2.26. The molecule has 10 heteroatoms. The van der Waals surface area contributed by atoms with Crippen LogP contribution in [-0.2, 0) is 11.4 Å². The minimum atomic E-state index is -0.365. The number of likely N-dealkylation sites (tertiary alicyclic amines) is 1. The van der Waals surface area contributed by atoms with Crippen molar-refractivity contribution in [2.24, 2.45) is 5.16 Å². The third kappa shape index (κ3) is 4.37. The summed E-state index contributed by atoms with van der Waals surface area (Å²) >= 11 is 7.34.